The summed E-state index contributed by atoms with van der Waals surface area (Å²) in [5, 5.41) is 6.46. The lowest BCUT2D eigenvalue weighted by atomic mass is 10.1. The minimum atomic E-state index is 0. The Morgan fingerprint density at radius 1 is 1.24 bits per heavy atom. The first-order valence-electron chi connectivity index (χ1n) is 8.21. The highest BCUT2D eigenvalue weighted by Crippen LogP contribution is 2.32. The summed E-state index contributed by atoms with van der Waals surface area (Å²) < 4.78 is 10.7. The number of nitrogens with zero attached hydrogens (tertiary/aromatic N) is 2. The van der Waals surface area contributed by atoms with Gasteiger partial charge in [-0.3, -0.25) is 9.79 Å². The maximum absolute atomic E-state index is 11.6. The largest absolute Gasteiger partial charge is 0.454 e. The molecule has 0 radical (unpaired) electrons. The number of ether oxygens (including phenoxy) is 2. The van der Waals surface area contributed by atoms with E-state index >= 15 is 0 Å². The summed E-state index contributed by atoms with van der Waals surface area (Å²) in [6.07, 6.45) is 1.25. The van der Waals surface area contributed by atoms with Gasteiger partial charge in [0.1, 0.15) is 0 Å². The third kappa shape index (κ3) is 6.97. The van der Waals surface area contributed by atoms with Gasteiger partial charge >= 0.3 is 0 Å². The normalized spacial score (nSPS) is 12.4. The number of rotatable bonds is 7. The Bertz CT molecular complexity index is 593. The second-order valence-corrected chi connectivity index (χ2v) is 5.66. The van der Waals surface area contributed by atoms with Crippen LogP contribution in [0.4, 0.5) is 0 Å². The van der Waals surface area contributed by atoms with Crippen molar-refractivity contribution < 1.29 is 14.3 Å². The van der Waals surface area contributed by atoms with Crippen LogP contribution in [0.1, 0.15) is 18.9 Å². The van der Waals surface area contributed by atoms with Crippen molar-refractivity contribution in [3.63, 3.8) is 0 Å². The van der Waals surface area contributed by atoms with Gasteiger partial charge in [0, 0.05) is 33.6 Å². The first kappa shape index (κ1) is 21.3. The fourth-order valence-electron chi connectivity index (χ4n) is 2.25. The Balaban J connectivity index is 0.00000312. The predicted octanol–water partition coefficient (Wildman–Crippen LogP) is 1.61. The molecule has 140 valence electrons. The fourth-order valence-corrected chi connectivity index (χ4v) is 2.25. The van der Waals surface area contributed by atoms with Gasteiger partial charge in [-0.2, -0.15) is 0 Å². The molecule has 1 aliphatic rings. The topological polar surface area (TPSA) is 75.2 Å². The molecule has 0 unspecified atom stereocenters. The van der Waals surface area contributed by atoms with Crippen molar-refractivity contribution in [3.05, 3.63) is 23.8 Å². The quantitative estimate of drug-likeness (QED) is 0.366. The molecule has 0 spiro atoms. The van der Waals surface area contributed by atoms with Gasteiger partial charge in [-0.15, -0.1) is 24.0 Å². The lowest BCUT2D eigenvalue weighted by molar-refractivity contribution is -0.128. The summed E-state index contributed by atoms with van der Waals surface area (Å²) in [6, 6.07) is 5.97. The number of fused-ring (bicyclic) bond motifs is 1. The number of nitrogens with one attached hydrogen (secondary N) is 2. The van der Waals surface area contributed by atoms with Gasteiger partial charge in [-0.25, -0.2) is 0 Å². The fraction of sp³-hybridized carbons (Fsp3) is 0.529. The molecule has 0 fully saturated rings. The minimum Gasteiger partial charge on any atom is -0.454 e. The maximum Gasteiger partial charge on any atom is 0.231 e. The number of carbonyl (C=O) groups excluding carboxylic acids is 1. The number of carbonyl (C=O) groups is 1. The van der Waals surface area contributed by atoms with Gasteiger partial charge in [0.05, 0.1) is 6.54 Å². The summed E-state index contributed by atoms with van der Waals surface area (Å²) in [7, 11) is 3.50. The van der Waals surface area contributed by atoms with Crippen LogP contribution in [0.2, 0.25) is 0 Å². The van der Waals surface area contributed by atoms with Crippen molar-refractivity contribution in [1.82, 2.24) is 15.5 Å². The third-order valence-corrected chi connectivity index (χ3v) is 3.58. The highest BCUT2D eigenvalue weighted by Gasteiger charge is 2.13. The molecule has 1 amide bonds. The van der Waals surface area contributed by atoms with Crippen molar-refractivity contribution in [2.24, 2.45) is 4.99 Å². The lowest BCUT2D eigenvalue weighted by Gasteiger charge is -2.12. The van der Waals surface area contributed by atoms with E-state index in [0.29, 0.717) is 19.8 Å². The van der Waals surface area contributed by atoms with Crippen LogP contribution >= 0.6 is 24.0 Å². The molecule has 1 aliphatic heterocycles. The van der Waals surface area contributed by atoms with E-state index in [9.17, 15) is 4.79 Å². The molecule has 0 aliphatic carbocycles. The standard InChI is InChI=1S/C17H26N4O3.HI/c1-4-18-17(20-10-8-16(22)21(2)3)19-9-7-13-5-6-14-15(11-13)24-12-23-14;/h5-6,11H,4,7-10,12H2,1-3H3,(H2,18,19,20);1H. The highest BCUT2D eigenvalue weighted by molar-refractivity contribution is 14.0. The van der Waals surface area contributed by atoms with E-state index in [1.807, 2.05) is 25.1 Å². The van der Waals surface area contributed by atoms with Crippen molar-refractivity contribution in [1.29, 1.82) is 0 Å². The molecular formula is C17H27IN4O3. The number of hydrogen-bond acceptors (Lipinski definition) is 4. The Morgan fingerprint density at radius 2 is 2.00 bits per heavy atom. The van der Waals surface area contributed by atoms with Gasteiger partial charge in [0.2, 0.25) is 12.7 Å². The van der Waals surface area contributed by atoms with Crippen molar-refractivity contribution in [2.75, 3.05) is 40.5 Å². The molecule has 0 saturated heterocycles. The Morgan fingerprint density at radius 3 is 2.72 bits per heavy atom. The SMILES string of the molecule is CCNC(=NCCC(=O)N(C)C)NCCc1ccc2c(c1)OCO2.I. The van der Waals surface area contributed by atoms with Crippen LogP contribution in [0.5, 0.6) is 11.5 Å². The molecular weight excluding hydrogens is 435 g/mol. The molecule has 1 aromatic rings. The molecule has 7 nitrogen and oxygen atoms in total. The number of guanidine groups is 1. The van der Waals surface area contributed by atoms with Crippen LogP contribution < -0.4 is 20.1 Å². The summed E-state index contributed by atoms with van der Waals surface area (Å²) in [4.78, 5) is 17.6. The minimum absolute atomic E-state index is 0. The van der Waals surface area contributed by atoms with E-state index in [1.165, 1.54) is 5.56 Å². The number of halogens is 1. The first-order valence-corrected chi connectivity index (χ1v) is 8.21. The van der Waals surface area contributed by atoms with Gasteiger partial charge in [-0.1, -0.05) is 6.07 Å². The van der Waals surface area contributed by atoms with Crippen molar-refractivity contribution in [3.8, 4) is 11.5 Å². The van der Waals surface area contributed by atoms with Gasteiger partial charge < -0.3 is 25.0 Å². The zero-order chi connectivity index (χ0) is 17.4. The molecule has 1 aromatic carbocycles. The molecule has 1 heterocycles. The van der Waals surface area contributed by atoms with Crippen LogP contribution in [-0.4, -0.2) is 57.3 Å². The monoisotopic (exact) mass is 462 g/mol. The van der Waals surface area contributed by atoms with E-state index in [0.717, 1.165) is 37.0 Å². The average molecular weight is 462 g/mol. The van der Waals surface area contributed by atoms with Crippen LogP contribution in [0.25, 0.3) is 0 Å². The molecule has 0 saturated carbocycles. The van der Waals surface area contributed by atoms with Gasteiger partial charge in [0.15, 0.2) is 17.5 Å². The van der Waals surface area contributed by atoms with E-state index < -0.39 is 0 Å². The summed E-state index contributed by atoms with van der Waals surface area (Å²) in [5.41, 5.74) is 1.17. The van der Waals surface area contributed by atoms with Crippen LogP contribution in [0.15, 0.2) is 23.2 Å². The van der Waals surface area contributed by atoms with Crippen LogP contribution in [0.3, 0.4) is 0 Å². The third-order valence-electron chi connectivity index (χ3n) is 3.58. The van der Waals surface area contributed by atoms with E-state index in [-0.39, 0.29) is 29.9 Å². The van der Waals surface area contributed by atoms with Crippen molar-refractivity contribution in [2.45, 2.75) is 19.8 Å². The molecule has 0 aromatic heterocycles. The van der Waals surface area contributed by atoms with Gasteiger partial charge in [0.25, 0.3) is 0 Å². The molecule has 0 atom stereocenters. The lowest BCUT2D eigenvalue weighted by Crippen LogP contribution is -2.38. The number of benzene rings is 1. The van der Waals surface area contributed by atoms with Crippen molar-refractivity contribution >= 4 is 35.8 Å². The Labute approximate surface area is 166 Å². The van der Waals surface area contributed by atoms with Gasteiger partial charge in [-0.05, 0) is 31.0 Å². The number of amides is 1. The Kier molecular flexibility index (Phi) is 9.40. The number of aliphatic imine (C=N–C) groups is 1. The summed E-state index contributed by atoms with van der Waals surface area (Å²) in [6.45, 7) is 4.29. The second kappa shape index (κ2) is 11.0. The summed E-state index contributed by atoms with van der Waals surface area (Å²) in [5.74, 6) is 2.40. The van der Waals surface area contributed by atoms with E-state index in [1.54, 1.807) is 19.0 Å². The number of hydrogen-bond donors (Lipinski definition) is 2. The summed E-state index contributed by atoms with van der Waals surface area (Å²) >= 11 is 0. The predicted molar refractivity (Wildman–Crippen MR) is 109 cm³/mol. The van der Waals surface area contributed by atoms with Crippen LogP contribution in [-0.2, 0) is 11.2 Å². The maximum atomic E-state index is 11.6. The van der Waals surface area contributed by atoms with E-state index in [4.69, 9.17) is 9.47 Å². The molecule has 25 heavy (non-hydrogen) atoms. The zero-order valence-corrected chi connectivity index (χ0v) is 17.3. The highest BCUT2D eigenvalue weighted by atomic mass is 127. The smallest absolute Gasteiger partial charge is 0.231 e. The first-order chi connectivity index (χ1) is 11.6. The molecule has 8 heteroatoms. The molecule has 0 bridgehead atoms. The van der Waals surface area contributed by atoms with E-state index in [2.05, 4.69) is 15.6 Å². The van der Waals surface area contributed by atoms with Crippen LogP contribution in [0, 0.1) is 0 Å². The molecule has 2 N–H and O–H groups in total. The Hall–Kier alpha value is -1.71. The molecule has 2 rings (SSSR count). The average Bonchev–Trinajstić information content (AvgIpc) is 3.02. The second-order valence-electron chi connectivity index (χ2n) is 5.66. The zero-order valence-electron chi connectivity index (χ0n) is 15.0.